The van der Waals surface area contributed by atoms with Crippen LogP contribution in [-0.4, -0.2) is 43.8 Å². The Balaban J connectivity index is 4.06. The molecular formula is C5H13NO3S. The Morgan fingerprint density at radius 1 is 1.50 bits per heavy atom. The fourth-order valence-corrected chi connectivity index (χ4v) is 1.30. The molecule has 0 aromatic heterocycles. The van der Waals surface area contributed by atoms with Gasteiger partial charge in [-0.3, -0.25) is 0 Å². The smallest absolute Gasteiger partial charge is 0.213 e. The lowest BCUT2D eigenvalue weighted by Gasteiger charge is -2.13. The van der Waals surface area contributed by atoms with Gasteiger partial charge in [0.05, 0.1) is 12.4 Å². The molecule has 0 saturated heterocycles. The van der Waals surface area contributed by atoms with Crippen molar-refractivity contribution in [3.63, 3.8) is 0 Å². The summed E-state index contributed by atoms with van der Waals surface area (Å²) in [5.41, 5.74) is 0. The first-order chi connectivity index (χ1) is 4.54. The molecule has 0 aliphatic heterocycles. The Bertz CT molecular complexity index is 175. The minimum absolute atomic E-state index is 0.0868. The molecule has 0 aliphatic carbocycles. The zero-order valence-electron chi connectivity index (χ0n) is 6.24. The van der Waals surface area contributed by atoms with Gasteiger partial charge < -0.3 is 5.11 Å². The Morgan fingerprint density at radius 2 is 2.00 bits per heavy atom. The van der Waals surface area contributed by atoms with Crippen LogP contribution < -0.4 is 0 Å². The maximum absolute atomic E-state index is 10.9. The lowest BCUT2D eigenvalue weighted by molar-refractivity contribution is 0.266. The predicted octanol–water partition coefficient (Wildman–Crippen LogP) is -0.740. The summed E-state index contributed by atoms with van der Waals surface area (Å²) >= 11 is 0. The van der Waals surface area contributed by atoms with Gasteiger partial charge in [0.2, 0.25) is 10.0 Å². The first-order valence-electron chi connectivity index (χ1n) is 3.09. The number of likely N-dealkylation sites (N-methyl/N-ethyl adjacent to an activating group) is 1. The Kier molecular flexibility index (Phi) is 3.85. The van der Waals surface area contributed by atoms with Crippen molar-refractivity contribution in [2.24, 2.45) is 0 Å². The van der Waals surface area contributed by atoms with Gasteiger partial charge in [-0.1, -0.05) is 0 Å². The van der Waals surface area contributed by atoms with Crippen LogP contribution >= 0.6 is 0 Å². The van der Waals surface area contributed by atoms with Crippen LogP contribution in [0.4, 0.5) is 0 Å². The van der Waals surface area contributed by atoms with Crippen molar-refractivity contribution in [1.29, 1.82) is 0 Å². The molecule has 0 saturated carbocycles. The van der Waals surface area contributed by atoms with Crippen LogP contribution in [0.2, 0.25) is 0 Å². The molecule has 0 atom stereocenters. The first kappa shape index (κ1) is 9.87. The van der Waals surface area contributed by atoms with Crippen LogP contribution in [-0.2, 0) is 10.0 Å². The maximum atomic E-state index is 10.9. The SMILES string of the molecule is CCS(=O)(=O)N(C)CCO. The maximum Gasteiger partial charge on any atom is 0.213 e. The van der Waals surface area contributed by atoms with E-state index in [1.807, 2.05) is 0 Å². The van der Waals surface area contributed by atoms with E-state index in [-0.39, 0.29) is 18.9 Å². The van der Waals surface area contributed by atoms with Crippen LogP contribution in [0.15, 0.2) is 0 Å². The fraction of sp³-hybridized carbons (Fsp3) is 1.00. The van der Waals surface area contributed by atoms with Crippen LogP contribution in [0, 0.1) is 0 Å². The van der Waals surface area contributed by atoms with Crippen LogP contribution in [0.5, 0.6) is 0 Å². The van der Waals surface area contributed by atoms with Gasteiger partial charge in [0, 0.05) is 13.6 Å². The second kappa shape index (κ2) is 3.90. The summed E-state index contributed by atoms with van der Waals surface area (Å²) in [5.74, 6) is 0.0868. The van der Waals surface area contributed by atoms with Gasteiger partial charge in [-0.2, -0.15) is 0 Å². The van der Waals surface area contributed by atoms with E-state index in [9.17, 15) is 8.42 Å². The monoisotopic (exact) mass is 167 g/mol. The Hall–Kier alpha value is -0.130. The molecular weight excluding hydrogens is 154 g/mol. The average Bonchev–Trinajstić information content (AvgIpc) is 1.89. The summed E-state index contributed by atoms with van der Waals surface area (Å²) in [4.78, 5) is 0. The molecule has 0 spiro atoms. The van der Waals surface area contributed by atoms with E-state index in [1.54, 1.807) is 6.92 Å². The number of nitrogens with zero attached hydrogens (tertiary/aromatic N) is 1. The van der Waals surface area contributed by atoms with E-state index in [2.05, 4.69) is 0 Å². The highest BCUT2D eigenvalue weighted by Crippen LogP contribution is 1.94. The molecule has 62 valence electrons. The van der Waals surface area contributed by atoms with Gasteiger partial charge in [0.15, 0.2) is 0 Å². The Labute approximate surface area is 61.5 Å². The van der Waals surface area contributed by atoms with E-state index in [0.29, 0.717) is 0 Å². The van der Waals surface area contributed by atoms with Crippen molar-refractivity contribution in [2.45, 2.75) is 6.92 Å². The summed E-state index contributed by atoms with van der Waals surface area (Å²) in [6.07, 6.45) is 0. The van der Waals surface area contributed by atoms with Gasteiger partial charge in [-0.05, 0) is 6.92 Å². The van der Waals surface area contributed by atoms with Crippen LogP contribution in [0.3, 0.4) is 0 Å². The van der Waals surface area contributed by atoms with E-state index in [4.69, 9.17) is 5.11 Å². The summed E-state index contributed by atoms with van der Waals surface area (Å²) < 4.78 is 23.0. The number of hydrogen-bond acceptors (Lipinski definition) is 3. The normalized spacial score (nSPS) is 12.4. The van der Waals surface area contributed by atoms with Gasteiger partial charge in [0.25, 0.3) is 0 Å². The molecule has 0 rings (SSSR count). The number of hydrogen-bond donors (Lipinski definition) is 1. The Morgan fingerprint density at radius 3 is 2.30 bits per heavy atom. The topological polar surface area (TPSA) is 57.6 Å². The predicted molar refractivity (Wildman–Crippen MR) is 39.2 cm³/mol. The zero-order valence-corrected chi connectivity index (χ0v) is 7.06. The van der Waals surface area contributed by atoms with E-state index >= 15 is 0 Å². The molecule has 0 aromatic rings. The second-order valence-corrected chi connectivity index (χ2v) is 4.31. The highest BCUT2D eigenvalue weighted by molar-refractivity contribution is 7.89. The van der Waals surface area contributed by atoms with E-state index in [0.717, 1.165) is 4.31 Å². The molecule has 0 amide bonds. The minimum atomic E-state index is -3.09. The van der Waals surface area contributed by atoms with Crippen LogP contribution in [0.25, 0.3) is 0 Å². The molecule has 0 fully saturated rings. The first-order valence-corrected chi connectivity index (χ1v) is 4.70. The third-order valence-corrected chi connectivity index (χ3v) is 3.12. The van der Waals surface area contributed by atoms with Gasteiger partial charge in [-0.15, -0.1) is 0 Å². The van der Waals surface area contributed by atoms with Crippen molar-refractivity contribution < 1.29 is 13.5 Å². The molecule has 0 heterocycles. The number of rotatable bonds is 4. The number of aliphatic hydroxyl groups is 1. The number of sulfonamides is 1. The van der Waals surface area contributed by atoms with Crippen molar-refractivity contribution in [1.82, 2.24) is 4.31 Å². The second-order valence-electron chi connectivity index (χ2n) is 1.95. The lowest BCUT2D eigenvalue weighted by atomic mass is 10.7. The summed E-state index contributed by atoms with van der Waals surface area (Å²) in [5, 5.41) is 8.39. The van der Waals surface area contributed by atoms with Gasteiger partial charge in [0.1, 0.15) is 0 Å². The molecule has 0 aliphatic rings. The van der Waals surface area contributed by atoms with Crippen molar-refractivity contribution in [3.8, 4) is 0 Å². The lowest BCUT2D eigenvalue weighted by Crippen LogP contribution is -2.30. The highest BCUT2D eigenvalue weighted by atomic mass is 32.2. The van der Waals surface area contributed by atoms with Gasteiger partial charge in [-0.25, -0.2) is 12.7 Å². The standard InChI is InChI=1S/C5H13NO3S/c1-3-10(8,9)6(2)4-5-7/h7H,3-5H2,1-2H3. The van der Waals surface area contributed by atoms with Crippen LogP contribution in [0.1, 0.15) is 6.92 Å². The fourth-order valence-electron chi connectivity index (χ4n) is 0.500. The summed E-state index contributed by atoms with van der Waals surface area (Å²) in [6.45, 7) is 1.62. The molecule has 1 N–H and O–H groups in total. The summed E-state index contributed by atoms with van der Waals surface area (Å²) in [6, 6.07) is 0. The van der Waals surface area contributed by atoms with E-state index in [1.165, 1.54) is 7.05 Å². The molecule has 0 radical (unpaired) electrons. The zero-order chi connectivity index (χ0) is 8.20. The molecule has 0 unspecified atom stereocenters. The molecule has 4 nitrogen and oxygen atoms in total. The average molecular weight is 167 g/mol. The summed E-state index contributed by atoms with van der Waals surface area (Å²) in [7, 11) is -1.63. The van der Waals surface area contributed by atoms with E-state index < -0.39 is 10.0 Å². The highest BCUT2D eigenvalue weighted by Gasteiger charge is 2.12. The third-order valence-electron chi connectivity index (χ3n) is 1.25. The number of aliphatic hydroxyl groups excluding tert-OH is 1. The van der Waals surface area contributed by atoms with Crippen molar-refractivity contribution >= 4 is 10.0 Å². The van der Waals surface area contributed by atoms with Crippen molar-refractivity contribution in [3.05, 3.63) is 0 Å². The third kappa shape index (κ3) is 2.64. The largest absolute Gasteiger partial charge is 0.395 e. The molecule has 0 bridgehead atoms. The molecule has 10 heavy (non-hydrogen) atoms. The minimum Gasteiger partial charge on any atom is -0.395 e. The van der Waals surface area contributed by atoms with Gasteiger partial charge >= 0.3 is 0 Å². The van der Waals surface area contributed by atoms with Crippen molar-refractivity contribution in [2.75, 3.05) is 26.0 Å². The molecule has 5 heteroatoms. The quantitative estimate of drug-likeness (QED) is 0.600. The molecule has 0 aromatic carbocycles.